The zero-order chi connectivity index (χ0) is 15.5. The Morgan fingerprint density at radius 3 is 3.14 bits per heavy atom. The molecule has 2 heterocycles. The molecule has 7 heteroatoms. The Morgan fingerprint density at radius 1 is 1.55 bits per heavy atom. The molecule has 2 aromatic rings. The van der Waals surface area contributed by atoms with Gasteiger partial charge in [-0.3, -0.25) is 9.89 Å². The van der Waals surface area contributed by atoms with E-state index in [1.54, 1.807) is 13.0 Å². The lowest BCUT2D eigenvalue weighted by molar-refractivity contribution is 0.0797. The maximum absolute atomic E-state index is 13.8. The second kappa shape index (κ2) is 6.23. The lowest BCUT2D eigenvalue weighted by atomic mass is 10.0. The predicted octanol–water partition coefficient (Wildman–Crippen LogP) is 1.76. The number of aromatic nitrogens is 3. The molecule has 0 saturated carbocycles. The van der Waals surface area contributed by atoms with Crippen LogP contribution in [0.5, 0.6) is 0 Å². The molecule has 6 nitrogen and oxygen atoms in total. The first-order valence-electron chi connectivity index (χ1n) is 7.16. The third-order valence-corrected chi connectivity index (χ3v) is 3.81. The highest BCUT2D eigenvalue weighted by atomic mass is 19.1. The van der Waals surface area contributed by atoms with Crippen molar-refractivity contribution in [2.24, 2.45) is 5.92 Å². The fraction of sp³-hybridized carbons (Fsp3) is 0.400. The minimum atomic E-state index is -0.507. The predicted molar refractivity (Wildman–Crippen MR) is 76.7 cm³/mol. The zero-order valence-electron chi connectivity index (χ0n) is 12.2. The molecule has 1 fully saturated rings. The molecule has 0 unspecified atom stereocenters. The number of nitrogens with one attached hydrogen (secondary N) is 2. The van der Waals surface area contributed by atoms with Crippen molar-refractivity contribution < 1.29 is 13.9 Å². The van der Waals surface area contributed by atoms with E-state index in [0.29, 0.717) is 19.0 Å². The monoisotopic (exact) mass is 304 g/mol. The van der Waals surface area contributed by atoms with Crippen LogP contribution in [-0.4, -0.2) is 34.2 Å². The minimum absolute atomic E-state index is 0.0562. The van der Waals surface area contributed by atoms with Crippen molar-refractivity contribution >= 4 is 5.91 Å². The van der Waals surface area contributed by atoms with E-state index in [1.807, 2.05) is 0 Å². The number of nitrogens with zero attached hydrogens (tertiary/aromatic N) is 2. The van der Waals surface area contributed by atoms with E-state index in [0.717, 1.165) is 12.0 Å². The number of ether oxygens (including phenoxy) is 1. The number of carbonyl (C=O) groups excluding carboxylic acids is 1. The van der Waals surface area contributed by atoms with Crippen molar-refractivity contribution in [1.82, 2.24) is 20.5 Å². The smallest absolute Gasteiger partial charge is 0.254 e. The van der Waals surface area contributed by atoms with E-state index >= 15 is 0 Å². The summed E-state index contributed by atoms with van der Waals surface area (Å²) < 4.78 is 19.4. The molecule has 2 atom stereocenters. The van der Waals surface area contributed by atoms with Gasteiger partial charge in [0, 0.05) is 19.1 Å². The number of benzene rings is 1. The van der Waals surface area contributed by atoms with Crippen LogP contribution in [0.15, 0.2) is 24.5 Å². The molecule has 1 aromatic heterocycles. The third kappa shape index (κ3) is 2.99. The molecule has 1 aromatic carbocycles. The quantitative estimate of drug-likeness (QED) is 0.902. The highest BCUT2D eigenvalue weighted by Crippen LogP contribution is 2.31. The minimum Gasteiger partial charge on any atom is -0.370 e. The van der Waals surface area contributed by atoms with Crippen LogP contribution in [0.3, 0.4) is 0 Å². The van der Waals surface area contributed by atoms with Crippen LogP contribution in [-0.2, 0) is 4.74 Å². The molecule has 22 heavy (non-hydrogen) atoms. The first-order valence-corrected chi connectivity index (χ1v) is 7.16. The number of hydrogen-bond acceptors (Lipinski definition) is 4. The van der Waals surface area contributed by atoms with Gasteiger partial charge in [0.25, 0.3) is 5.91 Å². The van der Waals surface area contributed by atoms with Gasteiger partial charge in [-0.1, -0.05) is 6.07 Å². The van der Waals surface area contributed by atoms with Gasteiger partial charge in [0.1, 0.15) is 18.2 Å². The van der Waals surface area contributed by atoms with Crippen molar-refractivity contribution in [3.05, 3.63) is 47.3 Å². The number of H-pyrrole nitrogens is 1. The average Bonchev–Trinajstić information content (AvgIpc) is 3.15. The molecule has 0 radical (unpaired) electrons. The van der Waals surface area contributed by atoms with Crippen molar-refractivity contribution in [3.8, 4) is 0 Å². The summed E-state index contributed by atoms with van der Waals surface area (Å²) in [4.78, 5) is 16.2. The Labute approximate surface area is 127 Å². The maximum Gasteiger partial charge on any atom is 0.254 e. The topological polar surface area (TPSA) is 79.9 Å². The standard InChI is InChI=1S/C15H17FN4O2/c1-9-2-3-11(12(16)6-9)15(21)17-7-10-4-5-22-13(10)14-18-8-19-20-14/h2-3,6,8,10,13H,4-5,7H2,1H3,(H,17,21)(H,18,19,20)/t10-,13-/m0/s1. The SMILES string of the molecule is Cc1ccc(C(=O)NC[C@@H]2CCO[C@@H]2c2ncn[nH]2)c(F)c1. The lowest BCUT2D eigenvalue weighted by Crippen LogP contribution is -2.31. The lowest BCUT2D eigenvalue weighted by Gasteiger charge is -2.16. The second-order valence-electron chi connectivity index (χ2n) is 5.40. The Bertz CT molecular complexity index is 660. The average molecular weight is 304 g/mol. The molecule has 0 spiro atoms. The van der Waals surface area contributed by atoms with Crippen LogP contribution in [0.4, 0.5) is 4.39 Å². The number of halogens is 1. The first-order chi connectivity index (χ1) is 10.6. The van der Waals surface area contributed by atoms with E-state index < -0.39 is 11.7 Å². The molecule has 1 aliphatic rings. The first kappa shape index (κ1) is 14.6. The molecular formula is C15H17FN4O2. The third-order valence-electron chi connectivity index (χ3n) is 3.81. The summed E-state index contributed by atoms with van der Waals surface area (Å²) >= 11 is 0. The van der Waals surface area contributed by atoms with Crippen molar-refractivity contribution in [1.29, 1.82) is 0 Å². The largest absolute Gasteiger partial charge is 0.370 e. The summed E-state index contributed by atoms with van der Waals surface area (Å²) in [5.41, 5.74) is 0.837. The summed E-state index contributed by atoms with van der Waals surface area (Å²) in [6, 6.07) is 4.57. The van der Waals surface area contributed by atoms with Crippen molar-refractivity contribution in [2.45, 2.75) is 19.4 Å². The second-order valence-corrected chi connectivity index (χ2v) is 5.40. The molecule has 1 aliphatic heterocycles. The Hall–Kier alpha value is -2.28. The van der Waals surface area contributed by atoms with Gasteiger partial charge in [0.15, 0.2) is 5.82 Å². The zero-order valence-corrected chi connectivity index (χ0v) is 12.2. The highest BCUT2D eigenvalue weighted by Gasteiger charge is 2.32. The summed E-state index contributed by atoms with van der Waals surface area (Å²) in [7, 11) is 0. The van der Waals surface area contributed by atoms with Crippen LogP contribution in [0, 0.1) is 18.7 Å². The van der Waals surface area contributed by atoms with Crippen LogP contribution in [0.2, 0.25) is 0 Å². The number of amides is 1. The van der Waals surface area contributed by atoms with Gasteiger partial charge in [-0.25, -0.2) is 9.37 Å². The van der Waals surface area contributed by atoms with Crippen LogP contribution in [0.25, 0.3) is 0 Å². The Kier molecular flexibility index (Phi) is 4.15. The van der Waals surface area contributed by atoms with Gasteiger partial charge in [0.2, 0.25) is 0 Å². The molecular weight excluding hydrogens is 287 g/mol. The van der Waals surface area contributed by atoms with E-state index in [4.69, 9.17) is 4.74 Å². The van der Waals surface area contributed by atoms with Gasteiger partial charge in [-0.2, -0.15) is 5.10 Å². The van der Waals surface area contributed by atoms with Crippen molar-refractivity contribution in [3.63, 3.8) is 0 Å². The van der Waals surface area contributed by atoms with Gasteiger partial charge in [-0.05, 0) is 31.0 Å². The van der Waals surface area contributed by atoms with Gasteiger partial charge >= 0.3 is 0 Å². The number of carbonyl (C=O) groups is 1. The molecule has 1 amide bonds. The van der Waals surface area contributed by atoms with Crippen LogP contribution >= 0.6 is 0 Å². The maximum atomic E-state index is 13.8. The molecule has 116 valence electrons. The molecule has 2 N–H and O–H groups in total. The summed E-state index contributed by atoms with van der Waals surface area (Å²) in [5, 5.41) is 9.37. The van der Waals surface area contributed by atoms with Crippen LogP contribution in [0.1, 0.15) is 34.3 Å². The molecule has 3 rings (SSSR count). The van der Waals surface area contributed by atoms with E-state index in [-0.39, 0.29) is 17.6 Å². The van der Waals surface area contributed by atoms with E-state index in [2.05, 4.69) is 20.5 Å². The highest BCUT2D eigenvalue weighted by molar-refractivity contribution is 5.94. The summed E-state index contributed by atoms with van der Waals surface area (Å²) in [6.07, 6.45) is 2.02. The fourth-order valence-electron chi connectivity index (χ4n) is 2.62. The Morgan fingerprint density at radius 2 is 2.41 bits per heavy atom. The van der Waals surface area contributed by atoms with Crippen LogP contribution < -0.4 is 5.32 Å². The normalized spacial score (nSPS) is 21.0. The number of aryl methyl sites for hydroxylation is 1. The molecule has 0 aliphatic carbocycles. The molecule has 0 bridgehead atoms. The number of rotatable bonds is 4. The van der Waals surface area contributed by atoms with E-state index in [1.165, 1.54) is 18.5 Å². The van der Waals surface area contributed by atoms with Crippen molar-refractivity contribution in [2.75, 3.05) is 13.2 Å². The Balaban J connectivity index is 1.63. The number of aromatic amines is 1. The summed E-state index contributed by atoms with van der Waals surface area (Å²) in [5.74, 6) is -0.184. The van der Waals surface area contributed by atoms with Gasteiger partial charge in [0.05, 0.1) is 5.56 Å². The summed E-state index contributed by atoms with van der Waals surface area (Å²) in [6.45, 7) is 2.78. The van der Waals surface area contributed by atoms with Gasteiger partial charge in [-0.15, -0.1) is 0 Å². The van der Waals surface area contributed by atoms with Gasteiger partial charge < -0.3 is 10.1 Å². The van der Waals surface area contributed by atoms with E-state index in [9.17, 15) is 9.18 Å². The molecule has 1 saturated heterocycles. The fourth-order valence-corrected chi connectivity index (χ4v) is 2.62. The number of hydrogen-bond donors (Lipinski definition) is 2.